The zero-order valence-corrected chi connectivity index (χ0v) is 10.6. The molecule has 1 N–H and O–H groups in total. The summed E-state index contributed by atoms with van der Waals surface area (Å²) < 4.78 is 10.2. The molecule has 98 valence electrons. The van der Waals surface area contributed by atoms with Crippen LogP contribution in [0.2, 0.25) is 0 Å². The molecule has 0 spiro atoms. The van der Waals surface area contributed by atoms with Gasteiger partial charge in [-0.1, -0.05) is 12.1 Å². The number of nitrogens with one attached hydrogen (secondary N) is 1. The van der Waals surface area contributed by atoms with Gasteiger partial charge in [-0.3, -0.25) is 4.79 Å². The Balaban J connectivity index is 1.57. The molecule has 0 atom stereocenters. The van der Waals surface area contributed by atoms with Gasteiger partial charge < -0.3 is 14.8 Å². The summed E-state index contributed by atoms with van der Waals surface area (Å²) in [6.07, 6.45) is 2.00. The van der Waals surface area contributed by atoms with Gasteiger partial charge in [0.2, 0.25) is 0 Å². The first-order valence-corrected chi connectivity index (χ1v) is 6.30. The second-order valence-corrected chi connectivity index (χ2v) is 4.47. The van der Waals surface area contributed by atoms with Crippen molar-refractivity contribution in [1.82, 2.24) is 5.32 Å². The van der Waals surface area contributed by atoms with Crippen molar-refractivity contribution in [2.75, 3.05) is 20.3 Å². The molecular formula is C14H19NO3. The number of benzene rings is 1. The van der Waals surface area contributed by atoms with Crippen LogP contribution >= 0.6 is 0 Å². The molecule has 1 fully saturated rings. The fourth-order valence-electron chi connectivity index (χ4n) is 1.64. The zero-order chi connectivity index (χ0) is 12.8. The minimum absolute atomic E-state index is 0.0405. The van der Waals surface area contributed by atoms with E-state index in [1.807, 2.05) is 24.3 Å². The second-order valence-electron chi connectivity index (χ2n) is 4.47. The summed E-state index contributed by atoms with van der Waals surface area (Å²) in [5.41, 5.74) is 1.18. The number of esters is 1. The molecule has 0 bridgehead atoms. The minimum atomic E-state index is -0.0405. The average Bonchev–Trinajstić information content (AvgIpc) is 3.23. The molecule has 0 aliphatic heterocycles. The lowest BCUT2D eigenvalue weighted by Crippen LogP contribution is -2.21. The fourth-order valence-corrected chi connectivity index (χ4v) is 1.64. The Labute approximate surface area is 107 Å². The normalized spacial score (nSPS) is 14.3. The smallest absolute Gasteiger partial charge is 0.308 e. The Morgan fingerprint density at radius 2 is 2.06 bits per heavy atom. The van der Waals surface area contributed by atoms with Crippen LogP contribution in [0.1, 0.15) is 18.4 Å². The van der Waals surface area contributed by atoms with E-state index in [1.165, 1.54) is 5.56 Å². The summed E-state index contributed by atoms with van der Waals surface area (Å²) in [5, 5.41) is 3.24. The van der Waals surface area contributed by atoms with E-state index in [0.29, 0.717) is 13.2 Å². The molecule has 0 aromatic heterocycles. The minimum Gasteiger partial charge on any atom is -0.497 e. The second kappa shape index (κ2) is 6.40. The molecule has 0 heterocycles. The maximum Gasteiger partial charge on any atom is 0.308 e. The molecule has 1 aromatic rings. The molecule has 0 saturated heterocycles. The van der Waals surface area contributed by atoms with Gasteiger partial charge in [-0.05, 0) is 30.5 Å². The quantitative estimate of drug-likeness (QED) is 0.590. The molecule has 1 aliphatic carbocycles. The summed E-state index contributed by atoms with van der Waals surface area (Å²) >= 11 is 0. The number of rotatable bonds is 7. The van der Waals surface area contributed by atoms with Crippen LogP contribution in [-0.4, -0.2) is 26.2 Å². The predicted octanol–water partition coefficient (Wildman–Crippen LogP) is 1.74. The topological polar surface area (TPSA) is 47.6 Å². The molecule has 1 aliphatic rings. The zero-order valence-electron chi connectivity index (χ0n) is 10.6. The van der Waals surface area contributed by atoms with Crippen LogP contribution < -0.4 is 10.1 Å². The number of methoxy groups -OCH3 is 1. The summed E-state index contributed by atoms with van der Waals surface area (Å²) in [6.45, 7) is 1.90. The third kappa shape index (κ3) is 4.04. The number of ether oxygens (including phenoxy) is 2. The van der Waals surface area contributed by atoms with Crippen LogP contribution in [0.4, 0.5) is 0 Å². The van der Waals surface area contributed by atoms with Crippen molar-refractivity contribution in [3.63, 3.8) is 0 Å². The monoisotopic (exact) mass is 249 g/mol. The van der Waals surface area contributed by atoms with Crippen molar-refractivity contribution in [2.45, 2.75) is 19.4 Å². The molecule has 18 heavy (non-hydrogen) atoms. The lowest BCUT2D eigenvalue weighted by molar-refractivity contribution is -0.145. The maximum atomic E-state index is 11.2. The van der Waals surface area contributed by atoms with Gasteiger partial charge in [0, 0.05) is 13.1 Å². The van der Waals surface area contributed by atoms with E-state index in [1.54, 1.807) is 7.11 Å². The Morgan fingerprint density at radius 1 is 1.33 bits per heavy atom. The SMILES string of the molecule is COc1ccc(CNCCOC(=O)C2CC2)cc1. The first-order valence-electron chi connectivity index (χ1n) is 6.30. The molecule has 4 heteroatoms. The van der Waals surface area contributed by atoms with Crippen LogP contribution in [0.15, 0.2) is 24.3 Å². The van der Waals surface area contributed by atoms with Crippen molar-refractivity contribution >= 4 is 5.97 Å². The third-order valence-electron chi connectivity index (χ3n) is 2.92. The van der Waals surface area contributed by atoms with Gasteiger partial charge in [-0.15, -0.1) is 0 Å². The van der Waals surface area contributed by atoms with Crippen molar-refractivity contribution in [3.8, 4) is 5.75 Å². The highest BCUT2D eigenvalue weighted by Gasteiger charge is 2.30. The summed E-state index contributed by atoms with van der Waals surface area (Å²) in [6, 6.07) is 7.90. The Bertz CT molecular complexity index is 385. The van der Waals surface area contributed by atoms with E-state index < -0.39 is 0 Å². The van der Waals surface area contributed by atoms with E-state index >= 15 is 0 Å². The predicted molar refractivity (Wildman–Crippen MR) is 68.4 cm³/mol. The summed E-state index contributed by atoms with van der Waals surface area (Å²) in [7, 11) is 1.65. The van der Waals surface area contributed by atoms with Crippen molar-refractivity contribution in [3.05, 3.63) is 29.8 Å². The molecule has 2 rings (SSSR count). The van der Waals surface area contributed by atoms with E-state index in [-0.39, 0.29) is 11.9 Å². The van der Waals surface area contributed by atoms with Gasteiger partial charge >= 0.3 is 5.97 Å². The van der Waals surface area contributed by atoms with E-state index in [0.717, 1.165) is 25.1 Å². The van der Waals surface area contributed by atoms with Gasteiger partial charge in [0.15, 0.2) is 0 Å². The first-order chi connectivity index (χ1) is 8.79. The summed E-state index contributed by atoms with van der Waals surface area (Å²) in [5.74, 6) is 1.00. The highest BCUT2D eigenvalue weighted by atomic mass is 16.5. The van der Waals surface area contributed by atoms with Crippen LogP contribution in [-0.2, 0) is 16.1 Å². The van der Waals surface area contributed by atoms with Crippen molar-refractivity contribution < 1.29 is 14.3 Å². The number of hydrogen-bond donors (Lipinski definition) is 1. The number of carbonyl (C=O) groups excluding carboxylic acids is 1. The Morgan fingerprint density at radius 3 is 2.67 bits per heavy atom. The Kier molecular flexibility index (Phi) is 4.59. The lowest BCUT2D eigenvalue weighted by Gasteiger charge is -2.07. The molecule has 4 nitrogen and oxygen atoms in total. The molecular weight excluding hydrogens is 230 g/mol. The first kappa shape index (κ1) is 12.9. The van der Waals surface area contributed by atoms with Gasteiger partial charge in [0.05, 0.1) is 13.0 Å². The molecule has 1 aromatic carbocycles. The van der Waals surface area contributed by atoms with Crippen molar-refractivity contribution in [2.24, 2.45) is 5.92 Å². The van der Waals surface area contributed by atoms with Gasteiger partial charge in [0.25, 0.3) is 0 Å². The van der Waals surface area contributed by atoms with Crippen LogP contribution in [0.25, 0.3) is 0 Å². The molecule has 0 radical (unpaired) electrons. The maximum absolute atomic E-state index is 11.2. The van der Waals surface area contributed by atoms with Crippen LogP contribution in [0.5, 0.6) is 5.75 Å². The van der Waals surface area contributed by atoms with Gasteiger partial charge in [-0.25, -0.2) is 0 Å². The van der Waals surface area contributed by atoms with Gasteiger partial charge in [0.1, 0.15) is 12.4 Å². The van der Waals surface area contributed by atoms with Crippen LogP contribution in [0, 0.1) is 5.92 Å². The van der Waals surface area contributed by atoms with Crippen LogP contribution in [0.3, 0.4) is 0 Å². The number of carbonyl (C=O) groups is 1. The van der Waals surface area contributed by atoms with E-state index in [9.17, 15) is 4.79 Å². The summed E-state index contributed by atoms with van der Waals surface area (Å²) in [4.78, 5) is 11.2. The molecule has 0 unspecified atom stereocenters. The Hall–Kier alpha value is -1.55. The molecule has 1 saturated carbocycles. The number of hydrogen-bond acceptors (Lipinski definition) is 4. The van der Waals surface area contributed by atoms with Gasteiger partial charge in [-0.2, -0.15) is 0 Å². The lowest BCUT2D eigenvalue weighted by atomic mass is 10.2. The highest BCUT2D eigenvalue weighted by Crippen LogP contribution is 2.29. The highest BCUT2D eigenvalue weighted by molar-refractivity contribution is 5.74. The van der Waals surface area contributed by atoms with E-state index in [2.05, 4.69) is 5.32 Å². The largest absolute Gasteiger partial charge is 0.497 e. The van der Waals surface area contributed by atoms with E-state index in [4.69, 9.17) is 9.47 Å². The fraction of sp³-hybridized carbons (Fsp3) is 0.500. The standard InChI is InChI=1S/C14H19NO3/c1-17-13-6-2-11(3-7-13)10-15-8-9-18-14(16)12-4-5-12/h2-3,6-7,12,15H,4-5,8-10H2,1H3. The molecule has 0 amide bonds. The third-order valence-corrected chi connectivity index (χ3v) is 2.92. The average molecular weight is 249 g/mol. The van der Waals surface area contributed by atoms with Crippen molar-refractivity contribution in [1.29, 1.82) is 0 Å².